The van der Waals surface area contributed by atoms with Crippen LogP contribution in [0.15, 0.2) is 0 Å². The molecule has 0 aromatic carbocycles. The smallest absolute Gasteiger partial charge is 0.0540 e. The summed E-state index contributed by atoms with van der Waals surface area (Å²) in [6.07, 6.45) is 9.40. The molecular weight excluding hydrogens is 184 g/mol. The lowest BCUT2D eigenvalue weighted by molar-refractivity contribution is 0.143. The lowest BCUT2D eigenvalue weighted by Gasteiger charge is -2.19. The molecule has 0 aliphatic rings. The SMILES string of the molecule is CCCCCC[C@@H](O)CCCC(C)(C)C. The van der Waals surface area contributed by atoms with Crippen molar-refractivity contribution in [3.05, 3.63) is 0 Å². The highest BCUT2D eigenvalue weighted by Gasteiger charge is 2.11. The molecule has 0 unspecified atom stereocenters. The second kappa shape index (κ2) is 8.15. The van der Waals surface area contributed by atoms with E-state index in [-0.39, 0.29) is 6.10 Å². The van der Waals surface area contributed by atoms with Crippen LogP contribution < -0.4 is 0 Å². The number of aliphatic hydroxyl groups excluding tert-OH is 1. The summed E-state index contributed by atoms with van der Waals surface area (Å²) in [6, 6.07) is 0. The molecule has 0 heterocycles. The molecule has 15 heavy (non-hydrogen) atoms. The Labute approximate surface area is 96.3 Å². The van der Waals surface area contributed by atoms with Crippen molar-refractivity contribution in [2.75, 3.05) is 0 Å². The predicted octanol–water partition coefficient (Wildman–Crippen LogP) is 4.53. The minimum absolute atomic E-state index is 0.0517. The van der Waals surface area contributed by atoms with Gasteiger partial charge < -0.3 is 5.11 Å². The van der Waals surface area contributed by atoms with Gasteiger partial charge in [-0.15, -0.1) is 0 Å². The third kappa shape index (κ3) is 11.9. The maximum Gasteiger partial charge on any atom is 0.0540 e. The van der Waals surface area contributed by atoms with Crippen LogP contribution >= 0.6 is 0 Å². The number of unbranched alkanes of at least 4 members (excludes halogenated alkanes) is 3. The molecule has 0 rings (SSSR count). The van der Waals surface area contributed by atoms with E-state index in [1.54, 1.807) is 0 Å². The van der Waals surface area contributed by atoms with E-state index in [1.807, 2.05) is 0 Å². The third-order valence-electron chi connectivity index (χ3n) is 2.86. The molecule has 0 spiro atoms. The lowest BCUT2D eigenvalue weighted by Crippen LogP contribution is -2.10. The molecule has 1 heteroatoms. The predicted molar refractivity (Wildman–Crippen MR) is 68.1 cm³/mol. The van der Waals surface area contributed by atoms with Gasteiger partial charge in [-0.1, -0.05) is 59.8 Å². The van der Waals surface area contributed by atoms with Crippen molar-refractivity contribution in [2.45, 2.75) is 85.2 Å². The van der Waals surface area contributed by atoms with Gasteiger partial charge in [-0.05, 0) is 24.7 Å². The second-order valence-corrected chi connectivity index (χ2v) is 5.96. The van der Waals surface area contributed by atoms with Gasteiger partial charge in [-0.3, -0.25) is 0 Å². The zero-order chi connectivity index (χ0) is 11.7. The van der Waals surface area contributed by atoms with E-state index in [9.17, 15) is 5.11 Å². The first-order valence-electron chi connectivity index (χ1n) is 6.64. The molecule has 0 fully saturated rings. The maximum atomic E-state index is 9.75. The van der Waals surface area contributed by atoms with Crippen molar-refractivity contribution in [1.82, 2.24) is 0 Å². The highest BCUT2D eigenvalue weighted by atomic mass is 16.3. The van der Waals surface area contributed by atoms with Crippen LogP contribution in [0.4, 0.5) is 0 Å². The molecule has 1 N–H and O–H groups in total. The average Bonchev–Trinajstić information content (AvgIpc) is 2.10. The van der Waals surface area contributed by atoms with Crippen molar-refractivity contribution in [3.8, 4) is 0 Å². The molecule has 0 saturated carbocycles. The molecule has 0 aliphatic heterocycles. The van der Waals surface area contributed by atoms with Crippen molar-refractivity contribution >= 4 is 0 Å². The first kappa shape index (κ1) is 15.0. The van der Waals surface area contributed by atoms with Crippen molar-refractivity contribution in [1.29, 1.82) is 0 Å². The number of hydrogen-bond acceptors (Lipinski definition) is 1. The fourth-order valence-electron chi connectivity index (χ4n) is 1.82. The lowest BCUT2D eigenvalue weighted by atomic mass is 9.89. The van der Waals surface area contributed by atoms with Gasteiger partial charge >= 0.3 is 0 Å². The molecule has 0 aromatic rings. The number of aliphatic hydroxyl groups is 1. The van der Waals surface area contributed by atoms with Crippen LogP contribution in [-0.4, -0.2) is 11.2 Å². The van der Waals surface area contributed by atoms with Gasteiger partial charge in [0.05, 0.1) is 6.10 Å². The van der Waals surface area contributed by atoms with Crippen molar-refractivity contribution < 1.29 is 5.11 Å². The Morgan fingerprint density at radius 3 is 2.07 bits per heavy atom. The summed E-state index contributed by atoms with van der Waals surface area (Å²) in [5.74, 6) is 0. The van der Waals surface area contributed by atoms with Crippen LogP contribution in [0.25, 0.3) is 0 Å². The third-order valence-corrected chi connectivity index (χ3v) is 2.86. The van der Waals surface area contributed by atoms with E-state index >= 15 is 0 Å². The van der Waals surface area contributed by atoms with Crippen LogP contribution in [0.5, 0.6) is 0 Å². The first-order valence-corrected chi connectivity index (χ1v) is 6.64. The summed E-state index contributed by atoms with van der Waals surface area (Å²) < 4.78 is 0. The Bertz CT molecular complexity index is 135. The summed E-state index contributed by atoms with van der Waals surface area (Å²) in [6.45, 7) is 9.02. The molecule has 92 valence electrons. The molecule has 1 nitrogen and oxygen atoms in total. The normalized spacial score (nSPS) is 14.2. The Morgan fingerprint density at radius 1 is 0.933 bits per heavy atom. The zero-order valence-corrected chi connectivity index (χ0v) is 11.2. The summed E-state index contributed by atoms with van der Waals surface area (Å²) in [5.41, 5.74) is 0.419. The van der Waals surface area contributed by atoms with Gasteiger partial charge in [-0.2, -0.15) is 0 Å². The summed E-state index contributed by atoms with van der Waals surface area (Å²) in [7, 11) is 0. The topological polar surface area (TPSA) is 20.2 Å². The molecule has 0 aromatic heterocycles. The molecule has 0 saturated heterocycles. The average molecular weight is 214 g/mol. The Hall–Kier alpha value is -0.0400. The summed E-state index contributed by atoms with van der Waals surface area (Å²) >= 11 is 0. The van der Waals surface area contributed by atoms with E-state index in [0.717, 1.165) is 12.8 Å². The van der Waals surface area contributed by atoms with Crippen molar-refractivity contribution in [3.63, 3.8) is 0 Å². The molecule has 0 aliphatic carbocycles. The van der Waals surface area contributed by atoms with Crippen LogP contribution in [0.3, 0.4) is 0 Å². The Balaban J connectivity index is 3.29. The molecular formula is C14H30O. The standard InChI is InChI=1S/C14H30O/c1-5-6-7-8-10-13(15)11-9-12-14(2,3)4/h13,15H,5-12H2,1-4H3/t13-/m1/s1. The highest BCUT2D eigenvalue weighted by molar-refractivity contribution is 4.64. The van der Waals surface area contributed by atoms with Gasteiger partial charge in [0.2, 0.25) is 0 Å². The van der Waals surface area contributed by atoms with Gasteiger partial charge in [0, 0.05) is 0 Å². The van der Waals surface area contributed by atoms with Crippen molar-refractivity contribution in [2.24, 2.45) is 5.41 Å². The molecule has 0 radical (unpaired) electrons. The fourth-order valence-corrected chi connectivity index (χ4v) is 1.82. The van der Waals surface area contributed by atoms with Gasteiger partial charge in [0.15, 0.2) is 0 Å². The molecule has 0 bridgehead atoms. The number of rotatable bonds is 8. The van der Waals surface area contributed by atoms with E-state index in [0.29, 0.717) is 5.41 Å². The zero-order valence-electron chi connectivity index (χ0n) is 11.2. The van der Waals surface area contributed by atoms with Gasteiger partial charge in [0.1, 0.15) is 0 Å². The van der Waals surface area contributed by atoms with Gasteiger partial charge in [-0.25, -0.2) is 0 Å². The Morgan fingerprint density at radius 2 is 1.53 bits per heavy atom. The highest BCUT2D eigenvalue weighted by Crippen LogP contribution is 2.22. The van der Waals surface area contributed by atoms with Crippen LogP contribution in [-0.2, 0) is 0 Å². The minimum atomic E-state index is -0.0517. The summed E-state index contributed by atoms with van der Waals surface area (Å²) in [5, 5.41) is 9.75. The van der Waals surface area contributed by atoms with Gasteiger partial charge in [0.25, 0.3) is 0 Å². The quantitative estimate of drug-likeness (QED) is 0.588. The second-order valence-electron chi connectivity index (χ2n) is 5.96. The van der Waals surface area contributed by atoms with Crippen LogP contribution in [0.2, 0.25) is 0 Å². The monoisotopic (exact) mass is 214 g/mol. The summed E-state index contributed by atoms with van der Waals surface area (Å²) in [4.78, 5) is 0. The molecule has 0 amide bonds. The number of hydrogen-bond donors (Lipinski definition) is 1. The maximum absolute atomic E-state index is 9.75. The fraction of sp³-hybridized carbons (Fsp3) is 1.00. The van der Waals surface area contributed by atoms with E-state index in [2.05, 4.69) is 27.7 Å². The Kier molecular flexibility index (Phi) is 8.13. The van der Waals surface area contributed by atoms with E-state index < -0.39 is 0 Å². The van der Waals surface area contributed by atoms with Crippen LogP contribution in [0, 0.1) is 5.41 Å². The largest absolute Gasteiger partial charge is 0.393 e. The minimum Gasteiger partial charge on any atom is -0.393 e. The molecule has 1 atom stereocenters. The van der Waals surface area contributed by atoms with E-state index in [4.69, 9.17) is 0 Å². The van der Waals surface area contributed by atoms with E-state index in [1.165, 1.54) is 38.5 Å². The first-order chi connectivity index (χ1) is 6.95. The van der Waals surface area contributed by atoms with Crippen LogP contribution in [0.1, 0.15) is 79.1 Å².